The summed E-state index contributed by atoms with van der Waals surface area (Å²) >= 11 is 0. The summed E-state index contributed by atoms with van der Waals surface area (Å²) in [5.74, 6) is -0.349. The van der Waals surface area contributed by atoms with E-state index in [9.17, 15) is 14.7 Å². The Morgan fingerprint density at radius 2 is 1.88 bits per heavy atom. The Hall–Kier alpha value is -1.82. The molecule has 3 aliphatic rings. The van der Waals surface area contributed by atoms with E-state index >= 15 is 0 Å². The van der Waals surface area contributed by atoms with Gasteiger partial charge in [-0.15, -0.1) is 0 Å². The van der Waals surface area contributed by atoms with Crippen LogP contribution in [0.4, 0.5) is 0 Å². The zero-order valence-electron chi connectivity index (χ0n) is 27.0. The molecule has 3 saturated heterocycles. The van der Waals surface area contributed by atoms with Crippen LogP contribution in [0.15, 0.2) is 36.0 Å². The quantitative estimate of drug-likeness (QED) is 0.138. The van der Waals surface area contributed by atoms with Gasteiger partial charge >= 0.3 is 0 Å². The van der Waals surface area contributed by atoms with Crippen LogP contribution in [0, 0.1) is 5.92 Å². The van der Waals surface area contributed by atoms with Gasteiger partial charge in [0, 0.05) is 12.5 Å². The number of ether oxygens (including phenoxy) is 3. The number of hydrogen-bond donors (Lipinski definition) is 3. The highest BCUT2D eigenvalue weighted by Gasteiger charge is 2.61. The molecule has 0 aliphatic carbocycles. The summed E-state index contributed by atoms with van der Waals surface area (Å²) in [6.45, 7) is 19.5. The van der Waals surface area contributed by atoms with E-state index in [2.05, 4.69) is 65.2 Å². The lowest BCUT2D eigenvalue weighted by Gasteiger charge is -2.46. The molecule has 42 heavy (non-hydrogen) atoms. The molecule has 9 nitrogen and oxygen atoms in total. The number of allylic oxidation sites excluding steroid dienone is 2. The molecule has 1 unspecified atom stereocenters. The molecule has 9 atom stereocenters. The minimum Gasteiger partial charge on any atom is -0.408 e. The van der Waals surface area contributed by atoms with E-state index in [1.165, 1.54) is 12.2 Å². The number of primary amides is 1. The first-order chi connectivity index (χ1) is 19.4. The monoisotopic (exact) mass is 606 g/mol. The van der Waals surface area contributed by atoms with Gasteiger partial charge in [-0.1, -0.05) is 57.6 Å². The zero-order chi connectivity index (χ0) is 31.5. The maximum Gasteiger partial charge on any atom is 0.244 e. The first-order valence-corrected chi connectivity index (χ1v) is 18.3. The Morgan fingerprint density at radius 3 is 2.45 bits per heavy atom. The van der Waals surface area contributed by atoms with Crippen LogP contribution in [0.1, 0.15) is 74.1 Å². The molecule has 10 heteroatoms. The molecule has 3 heterocycles. The average Bonchev–Trinajstić information content (AvgIpc) is 3.63. The van der Waals surface area contributed by atoms with Crippen molar-refractivity contribution in [1.29, 1.82) is 0 Å². The third-order valence-corrected chi connectivity index (χ3v) is 13.7. The predicted octanol–water partition coefficient (Wildman–Crippen LogP) is 4.31. The topological polar surface area (TPSA) is 133 Å². The second-order valence-corrected chi connectivity index (χ2v) is 18.9. The van der Waals surface area contributed by atoms with Gasteiger partial charge in [0.15, 0.2) is 8.32 Å². The van der Waals surface area contributed by atoms with Gasteiger partial charge in [0.05, 0.1) is 43.5 Å². The molecule has 0 aromatic carbocycles. The first-order valence-electron chi connectivity index (χ1n) is 15.3. The summed E-state index contributed by atoms with van der Waals surface area (Å²) < 4.78 is 25.7. The minimum atomic E-state index is -2.13. The Bertz CT molecular complexity index is 1040. The van der Waals surface area contributed by atoms with Gasteiger partial charge < -0.3 is 34.8 Å². The summed E-state index contributed by atoms with van der Waals surface area (Å²) in [6, 6.07) is -0.0843. The van der Waals surface area contributed by atoms with Crippen LogP contribution in [0.2, 0.25) is 18.1 Å². The van der Waals surface area contributed by atoms with Crippen LogP contribution in [-0.4, -0.2) is 80.1 Å². The van der Waals surface area contributed by atoms with E-state index in [1.54, 1.807) is 6.92 Å². The standard InChI is InChI=1S/C32H54N2O7Si/c1-20(10-13-26-21(2)16-25(23(4)39-26)34-29(37)15-12-22(3)35)11-14-27-30(41-42(8,9)31(5,6)7)32(19-38-32)18-24(40-27)17-28(33)36/h10-12,14-15,21-27,30,35H,13,16-19H2,1-9H3,(H2,33,36)(H,34,37)/b14-11+,15-12?,20-10+/t21-,22?,23+,24+,25+,26-,27+,30+,32+/m0/s1. The zero-order valence-corrected chi connectivity index (χ0v) is 28.0. The van der Waals surface area contributed by atoms with Crippen LogP contribution in [0.25, 0.3) is 0 Å². The van der Waals surface area contributed by atoms with E-state index in [0.29, 0.717) is 13.0 Å². The van der Waals surface area contributed by atoms with Crippen molar-refractivity contribution in [3.8, 4) is 0 Å². The maximum absolute atomic E-state index is 12.2. The van der Waals surface area contributed by atoms with Gasteiger partial charge in [-0.3, -0.25) is 9.59 Å². The van der Waals surface area contributed by atoms with Gasteiger partial charge in [-0.2, -0.15) is 0 Å². The molecule has 3 rings (SSSR count). The number of amides is 2. The van der Waals surface area contributed by atoms with Crippen molar-refractivity contribution in [3.63, 3.8) is 0 Å². The Kier molecular flexibility index (Phi) is 11.4. The summed E-state index contributed by atoms with van der Waals surface area (Å²) in [4.78, 5) is 23.9. The fourth-order valence-electron chi connectivity index (χ4n) is 5.46. The molecule has 4 N–H and O–H groups in total. The van der Waals surface area contributed by atoms with Crippen LogP contribution in [-0.2, 0) is 28.2 Å². The molecule has 0 saturated carbocycles. The number of aliphatic hydroxyl groups excluding tert-OH is 1. The summed E-state index contributed by atoms with van der Waals surface area (Å²) in [7, 11) is -2.13. The smallest absolute Gasteiger partial charge is 0.244 e. The van der Waals surface area contributed by atoms with E-state index in [4.69, 9.17) is 24.4 Å². The molecular weight excluding hydrogens is 552 g/mol. The maximum atomic E-state index is 12.2. The van der Waals surface area contributed by atoms with Gasteiger partial charge in [0.25, 0.3) is 0 Å². The van der Waals surface area contributed by atoms with Crippen molar-refractivity contribution in [2.45, 2.75) is 141 Å². The van der Waals surface area contributed by atoms with Crippen molar-refractivity contribution in [2.24, 2.45) is 11.7 Å². The molecule has 2 amide bonds. The van der Waals surface area contributed by atoms with Crippen molar-refractivity contribution >= 4 is 20.1 Å². The molecule has 1 spiro atoms. The fraction of sp³-hybridized carbons (Fsp3) is 0.750. The molecule has 0 bridgehead atoms. The highest BCUT2D eigenvalue weighted by atomic mass is 28.4. The second-order valence-electron chi connectivity index (χ2n) is 14.1. The highest BCUT2D eigenvalue weighted by molar-refractivity contribution is 6.74. The van der Waals surface area contributed by atoms with Crippen molar-refractivity contribution in [1.82, 2.24) is 5.32 Å². The number of hydrogen-bond acceptors (Lipinski definition) is 7. The van der Waals surface area contributed by atoms with Gasteiger partial charge in [0.2, 0.25) is 11.8 Å². The van der Waals surface area contributed by atoms with Crippen LogP contribution in [0.5, 0.6) is 0 Å². The molecule has 0 radical (unpaired) electrons. The lowest BCUT2D eigenvalue weighted by molar-refractivity contribution is -0.140. The Morgan fingerprint density at radius 1 is 1.21 bits per heavy atom. The molecular formula is C32H54N2O7Si. The fourth-order valence-corrected chi connectivity index (χ4v) is 6.80. The number of epoxide rings is 1. The second kappa shape index (κ2) is 13.9. The van der Waals surface area contributed by atoms with Crippen molar-refractivity contribution < 1.29 is 33.3 Å². The normalized spacial score (nSPS) is 35.1. The number of aliphatic hydroxyl groups is 1. The number of rotatable bonds is 11. The van der Waals surface area contributed by atoms with Gasteiger partial charge in [-0.05, 0) is 57.7 Å². The van der Waals surface area contributed by atoms with E-state index in [-0.39, 0.29) is 65.8 Å². The summed E-state index contributed by atoms with van der Waals surface area (Å²) in [6.07, 6.45) is 9.75. The number of nitrogens with two attached hydrogens (primary N) is 1. The average molecular weight is 607 g/mol. The summed E-state index contributed by atoms with van der Waals surface area (Å²) in [5, 5.41) is 12.4. The van der Waals surface area contributed by atoms with E-state index in [1.807, 2.05) is 13.0 Å². The predicted molar refractivity (Wildman–Crippen MR) is 166 cm³/mol. The number of nitrogens with one attached hydrogen (secondary N) is 1. The highest BCUT2D eigenvalue weighted by Crippen LogP contribution is 2.48. The van der Waals surface area contributed by atoms with Gasteiger partial charge in [0.1, 0.15) is 17.8 Å². The van der Waals surface area contributed by atoms with E-state index in [0.717, 1.165) is 18.4 Å². The molecule has 3 fully saturated rings. The number of carbonyl (C=O) groups excluding carboxylic acids is 2. The van der Waals surface area contributed by atoms with Gasteiger partial charge in [-0.25, -0.2) is 0 Å². The lowest BCUT2D eigenvalue weighted by Crippen LogP contribution is -2.57. The van der Waals surface area contributed by atoms with Crippen LogP contribution >= 0.6 is 0 Å². The first kappa shape index (κ1) is 34.7. The molecule has 238 valence electrons. The molecule has 0 aromatic rings. The van der Waals surface area contributed by atoms with Crippen molar-refractivity contribution in [2.75, 3.05) is 6.61 Å². The molecule has 0 aromatic heterocycles. The van der Waals surface area contributed by atoms with Crippen LogP contribution < -0.4 is 11.1 Å². The number of carbonyl (C=O) groups is 2. The Balaban J connectivity index is 1.67. The third-order valence-electron chi connectivity index (χ3n) is 9.20. The van der Waals surface area contributed by atoms with E-state index < -0.39 is 20.0 Å². The molecule has 3 aliphatic heterocycles. The van der Waals surface area contributed by atoms with Crippen LogP contribution in [0.3, 0.4) is 0 Å². The lowest BCUT2D eigenvalue weighted by atomic mass is 9.87. The van der Waals surface area contributed by atoms with Crippen molar-refractivity contribution in [3.05, 3.63) is 36.0 Å². The Labute approximate surface area is 253 Å². The third kappa shape index (κ3) is 9.34. The largest absolute Gasteiger partial charge is 0.408 e. The SMILES string of the molecule is CC(/C=C/[C@H]1O[C@H](CC(N)=O)C[C@@]2(CO2)[C@@H]1O[Si](C)(C)C(C)(C)C)=C\C[C@@H]1O[C@H](C)[C@H](NC(=O)C=CC(C)O)C[C@@H]1C. The summed E-state index contributed by atoms with van der Waals surface area (Å²) in [5.41, 5.74) is 6.16. The minimum absolute atomic E-state index is 0.0293.